The zero-order valence-electron chi connectivity index (χ0n) is 18.4. The van der Waals surface area contributed by atoms with Crippen molar-refractivity contribution in [2.45, 2.75) is 51.4 Å². The maximum absolute atomic E-state index is 11.2. The lowest BCUT2D eigenvalue weighted by molar-refractivity contribution is -0.119. The van der Waals surface area contributed by atoms with Gasteiger partial charge in [-0.05, 0) is 24.6 Å². The van der Waals surface area contributed by atoms with Crippen molar-refractivity contribution in [3.8, 4) is 11.6 Å². The summed E-state index contributed by atoms with van der Waals surface area (Å²) in [7, 11) is 0. The molecule has 2 fully saturated rings. The lowest BCUT2D eigenvalue weighted by atomic mass is 10.1. The predicted molar refractivity (Wildman–Crippen MR) is 121 cm³/mol. The van der Waals surface area contributed by atoms with Gasteiger partial charge in [0.05, 0.1) is 25.8 Å². The van der Waals surface area contributed by atoms with Crippen molar-refractivity contribution in [1.29, 1.82) is 0 Å². The summed E-state index contributed by atoms with van der Waals surface area (Å²) < 4.78 is 17.6. The van der Waals surface area contributed by atoms with Gasteiger partial charge in [0.25, 0.3) is 0 Å². The Morgan fingerprint density at radius 1 is 1.16 bits per heavy atom. The van der Waals surface area contributed by atoms with Crippen LogP contribution in [-0.4, -0.2) is 54.4 Å². The van der Waals surface area contributed by atoms with E-state index in [4.69, 9.17) is 25.8 Å². The van der Waals surface area contributed by atoms with Crippen molar-refractivity contribution < 1.29 is 19.0 Å². The minimum absolute atomic E-state index is 0.0273. The minimum atomic E-state index is -0.0476. The summed E-state index contributed by atoms with van der Waals surface area (Å²) in [6.45, 7) is 6.33. The van der Waals surface area contributed by atoms with E-state index in [1.807, 2.05) is 31.2 Å². The largest absolute Gasteiger partial charge is 0.489 e. The molecule has 1 aromatic heterocycles. The quantitative estimate of drug-likeness (QED) is 0.676. The van der Waals surface area contributed by atoms with Crippen LogP contribution >= 0.6 is 11.6 Å². The first-order chi connectivity index (χ1) is 15.5. The SMILES string of the molecule is CC(=O)N[C@@H](C)c1ccc(O[C@@H]2CCN(c3ncnc(OC4CCOCC4)c3Cl)C2)cc1. The zero-order chi connectivity index (χ0) is 22.5. The van der Waals surface area contributed by atoms with Gasteiger partial charge in [0, 0.05) is 32.7 Å². The molecule has 2 aliphatic rings. The number of aromatic nitrogens is 2. The fourth-order valence-electron chi connectivity index (χ4n) is 4.03. The van der Waals surface area contributed by atoms with Gasteiger partial charge in [-0.15, -0.1) is 0 Å². The molecule has 0 aliphatic carbocycles. The molecule has 9 heteroatoms. The molecule has 2 atom stereocenters. The number of carbonyl (C=O) groups excluding carboxylic acids is 1. The van der Waals surface area contributed by atoms with Crippen LogP contribution in [0.4, 0.5) is 5.82 Å². The average Bonchev–Trinajstić information content (AvgIpc) is 3.24. The Bertz CT molecular complexity index is 921. The van der Waals surface area contributed by atoms with Crippen LogP contribution in [0.15, 0.2) is 30.6 Å². The van der Waals surface area contributed by atoms with Gasteiger partial charge in [-0.1, -0.05) is 23.7 Å². The molecule has 2 aliphatic heterocycles. The Kier molecular flexibility index (Phi) is 7.32. The Labute approximate surface area is 193 Å². The summed E-state index contributed by atoms with van der Waals surface area (Å²) in [5.41, 5.74) is 1.03. The number of ether oxygens (including phenoxy) is 3. The van der Waals surface area contributed by atoms with Crippen LogP contribution < -0.4 is 19.7 Å². The Morgan fingerprint density at radius 3 is 2.62 bits per heavy atom. The van der Waals surface area contributed by atoms with Gasteiger partial charge in [-0.3, -0.25) is 4.79 Å². The Hall–Kier alpha value is -2.58. The van der Waals surface area contributed by atoms with Gasteiger partial charge in [-0.2, -0.15) is 0 Å². The highest BCUT2D eigenvalue weighted by molar-refractivity contribution is 6.34. The summed E-state index contributed by atoms with van der Waals surface area (Å²) in [4.78, 5) is 22.0. The summed E-state index contributed by atoms with van der Waals surface area (Å²) in [6.07, 6.45) is 4.11. The van der Waals surface area contributed by atoms with E-state index < -0.39 is 0 Å². The van der Waals surface area contributed by atoms with Crippen LogP contribution in [0.25, 0.3) is 0 Å². The van der Waals surface area contributed by atoms with Crippen molar-refractivity contribution in [2.24, 2.45) is 0 Å². The van der Waals surface area contributed by atoms with Gasteiger partial charge < -0.3 is 24.4 Å². The normalized spacial score (nSPS) is 20.1. The lowest BCUT2D eigenvalue weighted by Gasteiger charge is -2.24. The fraction of sp³-hybridized carbons (Fsp3) is 0.522. The number of halogens is 1. The molecule has 1 N–H and O–H groups in total. The van der Waals surface area contributed by atoms with Gasteiger partial charge >= 0.3 is 0 Å². The first kappa shape index (κ1) is 22.6. The van der Waals surface area contributed by atoms with Crippen molar-refractivity contribution in [2.75, 3.05) is 31.2 Å². The van der Waals surface area contributed by atoms with E-state index >= 15 is 0 Å². The van der Waals surface area contributed by atoms with Gasteiger partial charge in [0.15, 0.2) is 5.82 Å². The molecule has 0 saturated carbocycles. The number of hydrogen-bond donors (Lipinski definition) is 1. The zero-order valence-corrected chi connectivity index (χ0v) is 19.2. The Balaban J connectivity index is 1.35. The second-order valence-electron chi connectivity index (χ2n) is 8.21. The second-order valence-corrected chi connectivity index (χ2v) is 8.59. The van der Waals surface area contributed by atoms with Crippen LogP contribution in [0, 0.1) is 0 Å². The van der Waals surface area contributed by atoms with Crippen molar-refractivity contribution in [3.05, 3.63) is 41.2 Å². The molecule has 0 unspecified atom stereocenters. The fourth-order valence-corrected chi connectivity index (χ4v) is 4.29. The Morgan fingerprint density at radius 2 is 1.91 bits per heavy atom. The molecule has 2 saturated heterocycles. The van der Waals surface area contributed by atoms with Crippen LogP contribution in [0.5, 0.6) is 11.6 Å². The van der Waals surface area contributed by atoms with Crippen molar-refractivity contribution in [1.82, 2.24) is 15.3 Å². The number of anilines is 1. The molecule has 4 rings (SSSR count). The van der Waals surface area contributed by atoms with Crippen LogP contribution in [0.1, 0.15) is 44.7 Å². The molecule has 0 radical (unpaired) electrons. The first-order valence-electron chi connectivity index (χ1n) is 11.0. The van der Waals surface area contributed by atoms with Gasteiger partial charge in [-0.25, -0.2) is 9.97 Å². The summed E-state index contributed by atoms with van der Waals surface area (Å²) in [5, 5.41) is 3.32. The second kappa shape index (κ2) is 10.4. The van der Waals surface area contributed by atoms with Gasteiger partial charge in [0.2, 0.25) is 11.8 Å². The number of carbonyl (C=O) groups is 1. The lowest BCUT2D eigenvalue weighted by Crippen LogP contribution is -2.27. The number of rotatable bonds is 7. The number of hydrogen-bond acceptors (Lipinski definition) is 7. The van der Waals surface area contributed by atoms with E-state index in [0.717, 1.165) is 37.1 Å². The van der Waals surface area contributed by atoms with Crippen LogP contribution in [0.3, 0.4) is 0 Å². The summed E-state index contributed by atoms with van der Waals surface area (Å²) in [5.74, 6) is 1.85. The molecular formula is C23H29ClN4O4. The molecule has 172 valence electrons. The minimum Gasteiger partial charge on any atom is -0.489 e. The average molecular weight is 461 g/mol. The molecule has 1 amide bonds. The predicted octanol–water partition coefficient (Wildman–Crippen LogP) is 3.54. The van der Waals surface area contributed by atoms with E-state index in [1.165, 1.54) is 13.3 Å². The molecule has 0 bridgehead atoms. The maximum Gasteiger partial charge on any atom is 0.238 e. The van der Waals surface area contributed by atoms with E-state index in [2.05, 4.69) is 20.2 Å². The van der Waals surface area contributed by atoms with E-state index in [0.29, 0.717) is 36.5 Å². The number of amides is 1. The van der Waals surface area contributed by atoms with Crippen LogP contribution in [-0.2, 0) is 9.53 Å². The van der Waals surface area contributed by atoms with Crippen LogP contribution in [0.2, 0.25) is 5.02 Å². The van der Waals surface area contributed by atoms with Crippen molar-refractivity contribution in [3.63, 3.8) is 0 Å². The summed E-state index contributed by atoms with van der Waals surface area (Å²) in [6, 6.07) is 7.79. The van der Waals surface area contributed by atoms with Gasteiger partial charge in [0.1, 0.15) is 29.3 Å². The molecule has 32 heavy (non-hydrogen) atoms. The third kappa shape index (κ3) is 5.61. The highest BCUT2D eigenvalue weighted by Crippen LogP contribution is 2.34. The highest BCUT2D eigenvalue weighted by atomic mass is 35.5. The van der Waals surface area contributed by atoms with E-state index in [9.17, 15) is 4.79 Å². The number of nitrogens with one attached hydrogen (secondary N) is 1. The van der Waals surface area contributed by atoms with E-state index in [1.54, 1.807) is 0 Å². The molecule has 2 aromatic rings. The third-order valence-electron chi connectivity index (χ3n) is 5.73. The molecular weight excluding hydrogens is 432 g/mol. The standard InChI is InChI=1S/C23H29ClN4O4/c1-15(27-16(2)29)17-3-5-18(6-4-17)31-20-7-10-28(13-20)22-21(24)23(26-14-25-22)32-19-8-11-30-12-9-19/h3-6,14-15,19-20H,7-13H2,1-2H3,(H,27,29)/t15-,20+/m0/s1. The number of benzene rings is 1. The first-order valence-corrected chi connectivity index (χ1v) is 11.4. The maximum atomic E-state index is 11.2. The summed E-state index contributed by atoms with van der Waals surface area (Å²) >= 11 is 6.61. The smallest absolute Gasteiger partial charge is 0.238 e. The number of nitrogens with zero attached hydrogens (tertiary/aromatic N) is 3. The van der Waals surface area contributed by atoms with Crippen molar-refractivity contribution >= 4 is 23.3 Å². The van der Waals surface area contributed by atoms with E-state index in [-0.39, 0.29) is 24.2 Å². The molecule has 0 spiro atoms. The third-order valence-corrected chi connectivity index (χ3v) is 6.06. The molecule has 1 aromatic carbocycles. The monoisotopic (exact) mass is 460 g/mol. The topological polar surface area (TPSA) is 85.8 Å². The molecule has 3 heterocycles. The highest BCUT2D eigenvalue weighted by Gasteiger charge is 2.28. The molecule has 8 nitrogen and oxygen atoms in total.